The molecular weight excluding hydrogens is 269 g/mol. The molecule has 112 valence electrons. The van der Waals surface area contributed by atoms with Crippen molar-refractivity contribution in [3.8, 4) is 11.5 Å². The van der Waals surface area contributed by atoms with E-state index < -0.39 is 0 Å². The molecule has 0 amide bonds. The molecule has 0 aliphatic carbocycles. The fourth-order valence-corrected chi connectivity index (χ4v) is 2.13. The highest BCUT2D eigenvalue weighted by molar-refractivity contribution is 5.42. The van der Waals surface area contributed by atoms with Gasteiger partial charge in [0.25, 0.3) is 0 Å². The number of hydrogen-bond donors (Lipinski definition) is 1. The van der Waals surface area contributed by atoms with Gasteiger partial charge in [-0.2, -0.15) is 0 Å². The van der Waals surface area contributed by atoms with Crippen LogP contribution in [0.2, 0.25) is 0 Å². The van der Waals surface area contributed by atoms with Crippen molar-refractivity contribution in [2.45, 2.75) is 19.5 Å². The minimum absolute atomic E-state index is 0.138. The van der Waals surface area contributed by atoms with Crippen LogP contribution in [0.5, 0.6) is 11.5 Å². The van der Waals surface area contributed by atoms with E-state index in [1.807, 2.05) is 25.1 Å². The molecule has 0 aromatic heterocycles. The smallest absolute Gasteiger partial charge is 0.161 e. The van der Waals surface area contributed by atoms with E-state index in [1.165, 1.54) is 12.1 Å². The summed E-state index contributed by atoms with van der Waals surface area (Å²) in [6.45, 7) is 2.74. The third-order valence-corrected chi connectivity index (χ3v) is 3.43. The van der Waals surface area contributed by atoms with Crippen LogP contribution in [0.25, 0.3) is 0 Å². The van der Waals surface area contributed by atoms with Crippen molar-refractivity contribution in [2.24, 2.45) is 0 Å². The third-order valence-electron chi connectivity index (χ3n) is 3.43. The van der Waals surface area contributed by atoms with Gasteiger partial charge in [-0.25, -0.2) is 4.39 Å². The van der Waals surface area contributed by atoms with Gasteiger partial charge in [-0.15, -0.1) is 0 Å². The Morgan fingerprint density at radius 2 is 1.67 bits per heavy atom. The van der Waals surface area contributed by atoms with Crippen LogP contribution in [0.3, 0.4) is 0 Å². The lowest BCUT2D eigenvalue weighted by Gasteiger charge is -2.15. The van der Waals surface area contributed by atoms with Crippen LogP contribution in [0.15, 0.2) is 42.5 Å². The van der Waals surface area contributed by atoms with Crippen LogP contribution in [-0.2, 0) is 6.54 Å². The summed E-state index contributed by atoms with van der Waals surface area (Å²) in [5, 5.41) is 3.40. The number of hydrogen-bond acceptors (Lipinski definition) is 3. The summed E-state index contributed by atoms with van der Waals surface area (Å²) in [5.74, 6) is 1.21. The number of methoxy groups -OCH3 is 2. The largest absolute Gasteiger partial charge is 0.493 e. The molecule has 1 N–H and O–H groups in total. The quantitative estimate of drug-likeness (QED) is 0.879. The second kappa shape index (κ2) is 7.09. The first-order valence-electron chi connectivity index (χ1n) is 6.83. The standard InChI is InChI=1S/C17H20FNO2/c1-12(14-5-7-15(18)8-6-14)19-11-13-4-9-16(20-2)17(10-13)21-3/h4-10,12,19H,11H2,1-3H3/t12-/m0/s1. The predicted octanol–water partition coefficient (Wildman–Crippen LogP) is 3.69. The van der Waals surface area contributed by atoms with E-state index in [4.69, 9.17) is 9.47 Å². The fourth-order valence-electron chi connectivity index (χ4n) is 2.13. The second-order valence-electron chi connectivity index (χ2n) is 4.84. The number of rotatable bonds is 6. The first kappa shape index (κ1) is 15.3. The van der Waals surface area contributed by atoms with Gasteiger partial charge in [-0.3, -0.25) is 0 Å². The van der Waals surface area contributed by atoms with Crippen molar-refractivity contribution >= 4 is 0 Å². The first-order chi connectivity index (χ1) is 10.1. The molecule has 0 radical (unpaired) electrons. The molecule has 1 atom stereocenters. The Hall–Kier alpha value is -2.07. The molecule has 0 spiro atoms. The Morgan fingerprint density at radius 1 is 1.00 bits per heavy atom. The lowest BCUT2D eigenvalue weighted by molar-refractivity contribution is 0.354. The van der Waals surface area contributed by atoms with Gasteiger partial charge >= 0.3 is 0 Å². The van der Waals surface area contributed by atoms with Crippen molar-refractivity contribution in [3.63, 3.8) is 0 Å². The molecule has 0 bridgehead atoms. The van der Waals surface area contributed by atoms with E-state index in [0.29, 0.717) is 18.0 Å². The molecule has 0 fully saturated rings. The molecule has 2 rings (SSSR count). The molecule has 0 unspecified atom stereocenters. The van der Waals surface area contributed by atoms with Crippen LogP contribution in [0.4, 0.5) is 4.39 Å². The molecule has 2 aromatic rings. The molecular formula is C17H20FNO2. The molecule has 3 nitrogen and oxygen atoms in total. The SMILES string of the molecule is COc1ccc(CN[C@@H](C)c2ccc(F)cc2)cc1OC. The number of nitrogens with one attached hydrogen (secondary N) is 1. The summed E-state index contributed by atoms with van der Waals surface area (Å²) in [4.78, 5) is 0. The Bertz CT molecular complexity index is 584. The molecule has 0 heterocycles. The number of benzene rings is 2. The Morgan fingerprint density at radius 3 is 2.29 bits per heavy atom. The predicted molar refractivity (Wildman–Crippen MR) is 81.2 cm³/mol. The maximum absolute atomic E-state index is 12.9. The summed E-state index contributed by atoms with van der Waals surface area (Å²) >= 11 is 0. The molecule has 2 aromatic carbocycles. The molecule has 0 saturated carbocycles. The van der Waals surface area contributed by atoms with E-state index in [0.717, 1.165) is 11.1 Å². The zero-order valence-electron chi connectivity index (χ0n) is 12.5. The maximum Gasteiger partial charge on any atom is 0.161 e. The van der Waals surface area contributed by atoms with Crippen LogP contribution in [0.1, 0.15) is 24.1 Å². The van der Waals surface area contributed by atoms with Gasteiger partial charge in [0, 0.05) is 12.6 Å². The van der Waals surface area contributed by atoms with Gasteiger partial charge in [0.1, 0.15) is 5.82 Å². The molecule has 0 aliphatic heterocycles. The van der Waals surface area contributed by atoms with Crippen molar-refractivity contribution in [1.82, 2.24) is 5.32 Å². The lowest BCUT2D eigenvalue weighted by Crippen LogP contribution is -2.18. The topological polar surface area (TPSA) is 30.5 Å². The van der Waals surface area contributed by atoms with Crippen LogP contribution >= 0.6 is 0 Å². The summed E-state index contributed by atoms with van der Waals surface area (Å²) in [5.41, 5.74) is 2.15. The van der Waals surface area contributed by atoms with Crippen molar-refractivity contribution in [1.29, 1.82) is 0 Å². The maximum atomic E-state index is 12.9. The highest BCUT2D eigenvalue weighted by Crippen LogP contribution is 2.27. The van der Waals surface area contributed by atoms with Crippen LogP contribution in [0, 0.1) is 5.82 Å². The minimum atomic E-state index is -0.217. The molecule has 0 aliphatic rings. The van der Waals surface area contributed by atoms with Gasteiger partial charge in [-0.1, -0.05) is 18.2 Å². The summed E-state index contributed by atoms with van der Waals surface area (Å²) < 4.78 is 23.4. The lowest BCUT2D eigenvalue weighted by atomic mass is 10.1. The Labute approximate surface area is 124 Å². The number of halogens is 1. The van der Waals surface area contributed by atoms with E-state index in [1.54, 1.807) is 26.4 Å². The Kier molecular flexibility index (Phi) is 5.17. The molecule has 21 heavy (non-hydrogen) atoms. The van der Waals surface area contributed by atoms with Gasteiger partial charge in [0.15, 0.2) is 11.5 Å². The first-order valence-corrected chi connectivity index (χ1v) is 6.83. The van der Waals surface area contributed by atoms with Gasteiger partial charge in [0.05, 0.1) is 14.2 Å². The van der Waals surface area contributed by atoms with Crippen LogP contribution < -0.4 is 14.8 Å². The van der Waals surface area contributed by atoms with Crippen molar-refractivity contribution < 1.29 is 13.9 Å². The number of ether oxygens (including phenoxy) is 2. The average molecular weight is 289 g/mol. The monoisotopic (exact) mass is 289 g/mol. The summed E-state index contributed by atoms with van der Waals surface area (Å²) in [6.07, 6.45) is 0. The normalized spacial score (nSPS) is 12.0. The fraction of sp³-hybridized carbons (Fsp3) is 0.294. The minimum Gasteiger partial charge on any atom is -0.493 e. The Balaban J connectivity index is 2.00. The van der Waals surface area contributed by atoms with E-state index >= 15 is 0 Å². The molecule has 4 heteroatoms. The second-order valence-corrected chi connectivity index (χ2v) is 4.84. The third kappa shape index (κ3) is 3.95. The van der Waals surface area contributed by atoms with Gasteiger partial charge in [0.2, 0.25) is 0 Å². The zero-order chi connectivity index (χ0) is 15.2. The molecule has 0 saturated heterocycles. The van der Waals surface area contributed by atoms with Gasteiger partial charge in [-0.05, 0) is 42.3 Å². The van der Waals surface area contributed by atoms with Crippen molar-refractivity contribution in [2.75, 3.05) is 14.2 Å². The average Bonchev–Trinajstić information content (AvgIpc) is 2.52. The van der Waals surface area contributed by atoms with Crippen molar-refractivity contribution in [3.05, 3.63) is 59.4 Å². The zero-order valence-corrected chi connectivity index (χ0v) is 12.5. The highest BCUT2D eigenvalue weighted by atomic mass is 19.1. The van der Waals surface area contributed by atoms with E-state index in [-0.39, 0.29) is 11.9 Å². The van der Waals surface area contributed by atoms with Gasteiger partial charge < -0.3 is 14.8 Å². The van der Waals surface area contributed by atoms with E-state index in [9.17, 15) is 4.39 Å². The van der Waals surface area contributed by atoms with E-state index in [2.05, 4.69) is 5.32 Å². The summed E-state index contributed by atoms with van der Waals surface area (Å²) in [7, 11) is 3.24. The van der Waals surface area contributed by atoms with Crippen LogP contribution in [-0.4, -0.2) is 14.2 Å². The highest BCUT2D eigenvalue weighted by Gasteiger charge is 2.07. The summed E-state index contributed by atoms with van der Waals surface area (Å²) in [6, 6.07) is 12.5.